The van der Waals surface area contributed by atoms with Crippen LogP contribution >= 0.6 is 11.3 Å². The first kappa shape index (κ1) is 13.5. The Balaban J connectivity index is 1.86. The van der Waals surface area contributed by atoms with Crippen molar-refractivity contribution in [2.24, 2.45) is 5.41 Å². The summed E-state index contributed by atoms with van der Waals surface area (Å²) < 4.78 is 1.75. The van der Waals surface area contributed by atoms with Crippen molar-refractivity contribution in [3.05, 3.63) is 10.8 Å². The molecule has 1 N–H and O–H groups in total. The van der Waals surface area contributed by atoms with Crippen LogP contribution in [0.3, 0.4) is 0 Å². The van der Waals surface area contributed by atoms with Crippen LogP contribution in [0.2, 0.25) is 0 Å². The van der Waals surface area contributed by atoms with Gasteiger partial charge in [0.15, 0.2) is 5.82 Å². The molecule has 2 aromatic heterocycles. The van der Waals surface area contributed by atoms with Crippen molar-refractivity contribution in [1.82, 2.24) is 19.8 Å². The first-order chi connectivity index (χ1) is 9.58. The highest BCUT2D eigenvalue weighted by molar-refractivity contribution is 7.16. The zero-order valence-corrected chi connectivity index (χ0v) is 12.3. The largest absolute Gasteiger partial charge is 0.481 e. The third-order valence-electron chi connectivity index (χ3n) is 4.16. The number of hydrogen-bond donors (Lipinski definition) is 1. The zero-order valence-electron chi connectivity index (χ0n) is 11.5. The van der Waals surface area contributed by atoms with E-state index < -0.39 is 5.97 Å². The molecule has 2 heterocycles. The molecule has 7 heteroatoms. The Morgan fingerprint density at radius 3 is 2.75 bits per heavy atom. The molecule has 6 nitrogen and oxygen atoms in total. The molecule has 0 aromatic carbocycles. The molecule has 0 unspecified atom stereocenters. The van der Waals surface area contributed by atoms with Gasteiger partial charge in [-0.2, -0.15) is 9.61 Å². The lowest BCUT2D eigenvalue weighted by atomic mass is 9.70. The van der Waals surface area contributed by atoms with Crippen molar-refractivity contribution in [2.45, 2.75) is 51.9 Å². The standard InChI is InChI=1S/C13H18N4O2S/c1-9-14-15-12-17(9)16-10(20-12)7-13(8-11(18)19)5-3-2-4-6-13/h2-8H2,1H3,(H,18,19). The van der Waals surface area contributed by atoms with Crippen LogP contribution in [0.25, 0.3) is 4.96 Å². The van der Waals surface area contributed by atoms with Crippen LogP contribution in [0.1, 0.15) is 49.4 Å². The Morgan fingerprint density at radius 2 is 2.10 bits per heavy atom. The number of nitrogens with zero attached hydrogens (tertiary/aromatic N) is 4. The second kappa shape index (κ2) is 5.12. The summed E-state index contributed by atoms with van der Waals surface area (Å²) in [7, 11) is 0. The molecule has 0 radical (unpaired) electrons. The van der Waals surface area contributed by atoms with E-state index in [9.17, 15) is 9.90 Å². The lowest BCUT2D eigenvalue weighted by molar-refractivity contribution is -0.140. The van der Waals surface area contributed by atoms with Crippen LogP contribution in [0.15, 0.2) is 0 Å². The molecule has 0 saturated heterocycles. The summed E-state index contributed by atoms with van der Waals surface area (Å²) in [5, 5.41) is 22.8. The van der Waals surface area contributed by atoms with Crippen LogP contribution in [0, 0.1) is 12.3 Å². The summed E-state index contributed by atoms with van der Waals surface area (Å²) in [5.41, 5.74) is -0.124. The predicted molar refractivity (Wildman–Crippen MR) is 74.9 cm³/mol. The molecule has 0 spiro atoms. The molecular formula is C13H18N4O2S. The van der Waals surface area contributed by atoms with Gasteiger partial charge in [-0.05, 0) is 25.2 Å². The van der Waals surface area contributed by atoms with Gasteiger partial charge in [0.25, 0.3) is 0 Å². The Hall–Kier alpha value is -1.50. The van der Waals surface area contributed by atoms with E-state index in [1.54, 1.807) is 4.52 Å². The molecule has 0 amide bonds. The van der Waals surface area contributed by atoms with Gasteiger partial charge in [0, 0.05) is 6.42 Å². The van der Waals surface area contributed by atoms with Gasteiger partial charge in [0.05, 0.1) is 6.42 Å². The fraction of sp³-hybridized carbons (Fsp3) is 0.692. The number of aryl methyl sites for hydroxylation is 1. The van der Waals surface area contributed by atoms with Crippen molar-refractivity contribution in [3.63, 3.8) is 0 Å². The monoisotopic (exact) mass is 294 g/mol. The maximum absolute atomic E-state index is 11.2. The van der Waals surface area contributed by atoms with E-state index in [2.05, 4.69) is 15.3 Å². The number of carboxylic acid groups (broad SMARTS) is 1. The van der Waals surface area contributed by atoms with E-state index in [4.69, 9.17) is 0 Å². The maximum atomic E-state index is 11.2. The molecule has 1 aliphatic rings. The zero-order chi connectivity index (χ0) is 14.2. The van der Waals surface area contributed by atoms with Gasteiger partial charge in [-0.3, -0.25) is 4.79 Å². The molecular weight excluding hydrogens is 276 g/mol. The van der Waals surface area contributed by atoms with Crippen LogP contribution in [0.5, 0.6) is 0 Å². The van der Waals surface area contributed by atoms with Crippen molar-refractivity contribution in [3.8, 4) is 0 Å². The van der Waals surface area contributed by atoms with Crippen LogP contribution in [-0.2, 0) is 11.2 Å². The summed E-state index contributed by atoms with van der Waals surface area (Å²) in [6.45, 7) is 1.87. The Labute approximate surface area is 120 Å². The van der Waals surface area contributed by atoms with Gasteiger partial charge < -0.3 is 5.11 Å². The molecule has 20 heavy (non-hydrogen) atoms. The molecule has 1 fully saturated rings. The maximum Gasteiger partial charge on any atom is 0.303 e. The molecule has 0 atom stereocenters. The number of fused-ring (bicyclic) bond motifs is 1. The van der Waals surface area contributed by atoms with Gasteiger partial charge >= 0.3 is 5.97 Å². The van der Waals surface area contributed by atoms with E-state index in [-0.39, 0.29) is 11.8 Å². The number of rotatable bonds is 4. The van der Waals surface area contributed by atoms with E-state index in [0.29, 0.717) is 0 Å². The molecule has 1 aliphatic carbocycles. The van der Waals surface area contributed by atoms with Crippen LogP contribution in [-0.4, -0.2) is 30.9 Å². The summed E-state index contributed by atoms with van der Waals surface area (Å²) in [6, 6.07) is 0. The highest BCUT2D eigenvalue weighted by atomic mass is 32.1. The average molecular weight is 294 g/mol. The number of carbonyl (C=O) groups is 1. The van der Waals surface area contributed by atoms with E-state index in [1.807, 2.05) is 6.92 Å². The van der Waals surface area contributed by atoms with Crippen molar-refractivity contribution in [1.29, 1.82) is 0 Å². The van der Waals surface area contributed by atoms with Crippen molar-refractivity contribution < 1.29 is 9.90 Å². The number of aliphatic carboxylic acids is 1. The third-order valence-corrected chi connectivity index (χ3v) is 5.05. The number of aromatic nitrogens is 4. The third kappa shape index (κ3) is 2.54. The topological polar surface area (TPSA) is 80.4 Å². The molecule has 3 rings (SSSR count). The Morgan fingerprint density at radius 1 is 1.35 bits per heavy atom. The normalized spacial score (nSPS) is 18.4. The summed E-state index contributed by atoms with van der Waals surface area (Å²) in [6.07, 6.45) is 6.41. The van der Waals surface area contributed by atoms with Gasteiger partial charge in [-0.15, -0.1) is 10.2 Å². The minimum Gasteiger partial charge on any atom is -0.481 e. The highest BCUT2D eigenvalue weighted by Crippen LogP contribution is 2.42. The molecule has 1 saturated carbocycles. The van der Waals surface area contributed by atoms with Crippen LogP contribution < -0.4 is 0 Å². The quantitative estimate of drug-likeness (QED) is 0.937. The smallest absolute Gasteiger partial charge is 0.303 e. The second-order valence-corrected chi connectivity index (χ2v) is 6.79. The molecule has 0 aliphatic heterocycles. The fourth-order valence-electron chi connectivity index (χ4n) is 3.19. The van der Waals surface area contributed by atoms with E-state index >= 15 is 0 Å². The predicted octanol–water partition coefficient (Wildman–Crippen LogP) is 2.46. The van der Waals surface area contributed by atoms with Crippen molar-refractivity contribution >= 4 is 22.3 Å². The summed E-state index contributed by atoms with van der Waals surface area (Å²) in [5.74, 6) is 0.0736. The molecule has 0 bridgehead atoms. The van der Waals surface area contributed by atoms with E-state index in [1.165, 1.54) is 17.8 Å². The average Bonchev–Trinajstić information content (AvgIpc) is 2.92. The Kier molecular flexibility index (Phi) is 3.45. The van der Waals surface area contributed by atoms with Gasteiger partial charge in [0.2, 0.25) is 4.96 Å². The second-order valence-electron chi connectivity index (χ2n) is 5.75. The van der Waals surface area contributed by atoms with E-state index in [0.717, 1.165) is 47.9 Å². The van der Waals surface area contributed by atoms with Crippen molar-refractivity contribution in [2.75, 3.05) is 0 Å². The van der Waals surface area contributed by atoms with Gasteiger partial charge in [-0.1, -0.05) is 30.6 Å². The van der Waals surface area contributed by atoms with Crippen LogP contribution in [0.4, 0.5) is 0 Å². The number of hydrogen-bond acceptors (Lipinski definition) is 5. The highest BCUT2D eigenvalue weighted by Gasteiger charge is 2.35. The lowest BCUT2D eigenvalue weighted by Crippen LogP contribution is -2.29. The SMILES string of the molecule is Cc1nnc2sc(CC3(CC(=O)O)CCCCC3)nn12. The summed E-state index contributed by atoms with van der Waals surface area (Å²) in [4.78, 5) is 12.0. The Bertz CT molecular complexity index is 627. The fourth-order valence-corrected chi connectivity index (χ4v) is 4.24. The minimum absolute atomic E-state index is 0.124. The lowest BCUT2D eigenvalue weighted by Gasteiger charge is -2.35. The first-order valence-electron chi connectivity index (χ1n) is 6.98. The minimum atomic E-state index is -0.703. The van der Waals surface area contributed by atoms with Gasteiger partial charge in [-0.25, -0.2) is 0 Å². The number of carboxylic acids is 1. The van der Waals surface area contributed by atoms with Gasteiger partial charge in [0.1, 0.15) is 5.01 Å². The molecule has 2 aromatic rings. The summed E-state index contributed by atoms with van der Waals surface area (Å²) >= 11 is 1.52. The first-order valence-corrected chi connectivity index (χ1v) is 7.79. The molecule has 108 valence electrons.